The Bertz CT molecular complexity index is 1660. The van der Waals surface area contributed by atoms with E-state index in [-0.39, 0.29) is 18.1 Å². The molecule has 2 aromatic rings. The van der Waals surface area contributed by atoms with E-state index in [1.807, 2.05) is 20.8 Å². The predicted octanol–water partition coefficient (Wildman–Crippen LogP) is 5.29. The summed E-state index contributed by atoms with van der Waals surface area (Å²) in [5.74, 6) is -4.63. The minimum atomic E-state index is -1.41. The van der Waals surface area contributed by atoms with E-state index in [0.717, 1.165) is 0 Å². The van der Waals surface area contributed by atoms with Gasteiger partial charge in [0.2, 0.25) is 0 Å². The summed E-state index contributed by atoms with van der Waals surface area (Å²) in [6.45, 7) is 11.8. The molecule has 1 heterocycles. The summed E-state index contributed by atoms with van der Waals surface area (Å²) in [6, 6.07) is 17.0. The van der Waals surface area contributed by atoms with Crippen molar-refractivity contribution in [2.45, 2.75) is 90.5 Å². The number of hydrogen-bond acceptors (Lipinski definition) is 10. The van der Waals surface area contributed by atoms with Crippen LogP contribution in [-0.2, 0) is 38.1 Å². The normalized spacial score (nSPS) is 37.1. The fourth-order valence-electron chi connectivity index (χ4n) is 8.55. The first-order valence-electron chi connectivity index (χ1n) is 16.4. The number of hydrogen-bond donors (Lipinski definition) is 0. The molecule has 10 heteroatoms. The molecule has 0 bridgehead atoms. The molecular formula is C38H42O10. The topological polar surface area (TPSA) is 135 Å². The molecule has 6 rings (SSSR count). The Balaban J connectivity index is 1.51. The van der Waals surface area contributed by atoms with Crippen molar-refractivity contribution in [3.05, 3.63) is 83.4 Å². The number of carbonyl (C=O) groups is 5. The number of esters is 4. The average Bonchev–Trinajstić information content (AvgIpc) is 3.84. The van der Waals surface area contributed by atoms with E-state index in [9.17, 15) is 24.0 Å². The number of rotatable bonds is 6. The van der Waals surface area contributed by atoms with Gasteiger partial charge in [-0.1, -0.05) is 64.1 Å². The van der Waals surface area contributed by atoms with Crippen LogP contribution >= 0.6 is 0 Å². The van der Waals surface area contributed by atoms with Gasteiger partial charge in [-0.25, -0.2) is 9.59 Å². The number of Topliss-reactive ketones (excluding diaryl/α,β-unsaturated/α-hetero) is 1. The highest BCUT2D eigenvalue weighted by molar-refractivity contribution is 5.96. The molecule has 3 aliphatic carbocycles. The van der Waals surface area contributed by atoms with Crippen molar-refractivity contribution in [1.29, 1.82) is 0 Å². The Morgan fingerprint density at radius 2 is 1.25 bits per heavy atom. The Hall–Kier alpha value is -4.31. The molecule has 2 aromatic carbocycles. The molecule has 0 amide bonds. The summed E-state index contributed by atoms with van der Waals surface area (Å²) in [7, 11) is 0. The van der Waals surface area contributed by atoms with Crippen LogP contribution in [0.1, 0.15) is 75.6 Å². The Morgan fingerprint density at radius 1 is 0.750 bits per heavy atom. The molecule has 4 aliphatic rings. The number of carbonyl (C=O) groups excluding carboxylic acids is 5. The molecule has 48 heavy (non-hydrogen) atoms. The van der Waals surface area contributed by atoms with Crippen molar-refractivity contribution in [3.63, 3.8) is 0 Å². The van der Waals surface area contributed by atoms with Crippen molar-refractivity contribution in [3.8, 4) is 0 Å². The third-order valence-corrected chi connectivity index (χ3v) is 10.8. The molecule has 0 N–H and O–H groups in total. The van der Waals surface area contributed by atoms with Crippen LogP contribution in [0.3, 0.4) is 0 Å². The molecule has 0 spiro atoms. The van der Waals surface area contributed by atoms with Crippen molar-refractivity contribution < 1.29 is 47.7 Å². The number of ether oxygens (including phenoxy) is 5. The van der Waals surface area contributed by atoms with Gasteiger partial charge in [0.25, 0.3) is 0 Å². The highest BCUT2D eigenvalue weighted by Gasteiger charge is 2.84. The molecule has 0 radical (unpaired) electrons. The van der Waals surface area contributed by atoms with Gasteiger partial charge in [-0.3, -0.25) is 14.4 Å². The van der Waals surface area contributed by atoms with E-state index < -0.39 is 82.7 Å². The number of benzene rings is 2. The second-order valence-electron chi connectivity index (χ2n) is 14.3. The second-order valence-corrected chi connectivity index (χ2v) is 14.3. The van der Waals surface area contributed by atoms with E-state index >= 15 is 0 Å². The van der Waals surface area contributed by atoms with Crippen LogP contribution in [0.4, 0.5) is 0 Å². The van der Waals surface area contributed by atoms with Crippen LogP contribution < -0.4 is 0 Å². The van der Waals surface area contributed by atoms with Gasteiger partial charge in [0.1, 0.15) is 18.3 Å². The SMILES string of the molecule is CC(=O)OC1[C@H](OC(=O)c2ccccc2)/C(C)=C/[C@@]23O[C@@]2(C[C@H](C)[C@@H]3OC(=O)c2ccccc2)C(=O)[C@H](C)[C@@H](OC(C)=O)[C@@H]2[C@H]1C2(C)C. The largest absolute Gasteiger partial charge is 0.461 e. The van der Waals surface area contributed by atoms with E-state index in [0.29, 0.717) is 16.7 Å². The van der Waals surface area contributed by atoms with Crippen LogP contribution in [0, 0.1) is 29.1 Å². The van der Waals surface area contributed by atoms with Crippen molar-refractivity contribution >= 4 is 29.7 Å². The van der Waals surface area contributed by atoms with Crippen LogP contribution in [0.25, 0.3) is 0 Å². The minimum Gasteiger partial charge on any atom is -0.461 e. The predicted molar refractivity (Wildman–Crippen MR) is 171 cm³/mol. The number of ketones is 1. The molecular weight excluding hydrogens is 616 g/mol. The van der Waals surface area contributed by atoms with Gasteiger partial charge < -0.3 is 23.7 Å². The summed E-state index contributed by atoms with van der Waals surface area (Å²) in [5.41, 5.74) is -2.27. The molecule has 1 aliphatic heterocycles. The zero-order valence-corrected chi connectivity index (χ0v) is 28.3. The second kappa shape index (κ2) is 12.0. The van der Waals surface area contributed by atoms with Crippen molar-refractivity contribution in [1.82, 2.24) is 0 Å². The monoisotopic (exact) mass is 658 g/mol. The van der Waals surface area contributed by atoms with Gasteiger partial charge in [-0.2, -0.15) is 0 Å². The lowest BCUT2D eigenvalue weighted by atomic mass is 9.80. The summed E-state index contributed by atoms with van der Waals surface area (Å²) in [6.07, 6.45) is -1.92. The van der Waals surface area contributed by atoms with Gasteiger partial charge in [0.05, 0.1) is 17.0 Å². The standard InChI is InChI=1S/C38H42O10/c1-20-18-38-33(47-35(43)26-16-12-9-13-17-26)21(2)19-37(38,48-38)32(41)22(3)30(44-23(4)39)27-28(36(27,6)7)31(45-24(5)40)29(20)46-34(42)25-14-10-8-11-15-25/h8-18,21-22,27-31,33H,19H2,1-7H3/b20-18+/t21-,22+,27-,28+,29+,30+,31?,33-,37-,38-/m0/s1. The van der Waals surface area contributed by atoms with Crippen molar-refractivity contribution in [2.75, 3.05) is 0 Å². The van der Waals surface area contributed by atoms with Gasteiger partial charge in [0.15, 0.2) is 23.1 Å². The Labute approximate surface area is 280 Å². The maximum atomic E-state index is 14.7. The highest BCUT2D eigenvalue weighted by Crippen LogP contribution is 2.69. The highest BCUT2D eigenvalue weighted by atomic mass is 16.7. The minimum absolute atomic E-state index is 0.249. The van der Waals surface area contributed by atoms with Crippen LogP contribution in [0.2, 0.25) is 0 Å². The van der Waals surface area contributed by atoms with Gasteiger partial charge in [-0.05, 0) is 60.6 Å². The summed E-state index contributed by atoms with van der Waals surface area (Å²) >= 11 is 0. The van der Waals surface area contributed by atoms with Crippen LogP contribution in [-0.4, -0.2) is 65.3 Å². The lowest BCUT2D eigenvalue weighted by Crippen LogP contribution is -2.43. The number of fused-ring (bicyclic) bond motifs is 1. The Morgan fingerprint density at radius 3 is 1.79 bits per heavy atom. The van der Waals surface area contributed by atoms with E-state index in [1.54, 1.807) is 80.6 Å². The third-order valence-electron chi connectivity index (χ3n) is 10.8. The maximum Gasteiger partial charge on any atom is 0.338 e. The zero-order valence-electron chi connectivity index (χ0n) is 28.3. The van der Waals surface area contributed by atoms with Gasteiger partial charge in [-0.15, -0.1) is 0 Å². The zero-order chi connectivity index (χ0) is 34.8. The summed E-state index contributed by atoms with van der Waals surface area (Å²) < 4.78 is 30.8. The third kappa shape index (κ3) is 5.44. The molecule has 10 atom stereocenters. The van der Waals surface area contributed by atoms with E-state index in [1.165, 1.54) is 13.8 Å². The molecule has 0 aromatic heterocycles. The van der Waals surface area contributed by atoms with Crippen LogP contribution in [0.5, 0.6) is 0 Å². The van der Waals surface area contributed by atoms with Crippen LogP contribution in [0.15, 0.2) is 72.3 Å². The molecule has 10 nitrogen and oxygen atoms in total. The molecule has 2 saturated carbocycles. The molecule has 254 valence electrons. The molecule has 1 unspecified atom stereocenters. The molecule has 1 saturated heterocycles. The summed E-state index contributed by atoms with van der Waals surface area (Å²) in [5, 5.41) is 0. The van der Waals surface area contributed by atoms with Gasteiger partial charge >= 0.3 is 23.9 Å². The van der Waals surface area contributed by atoms with Crippen molar-refractivity contribution in [2.24, 2.45) is 29.1 Å². The maximum absolute atomic E-state index is 14.7. The smallest absolute Gasteiger partial charge is 0.338 e. The number of epoxide rings is 1. The fraction of sp³-hybridized carbons (Fsp3) is 0.500. The quantitative estimate of drug-likeness (QED) is 0.175. The lowest BCUT2D eigenvalue weighted by Gasteiger charge is -2.30. The average molecular weight is 659 g/mol. The van der Waals surface area contributed by atoms with E-state index in [4.69, 9.17) is 23.7 Å². The van der Waals surface area contributed by atoms with Gasteiger partial charge in [0, 0.05) is 25.7 Å². The first kappa shape index (κ1) is 33.6. The first-order valence-corrected chi connectivity index (χ1v) is 16.4. The molecule has 3 fully saturated rings. The first-order chi connectivity index (χ1) is 22.6. The summed E-state index contributed by atoms with van der Waals surface area (Å²) in [4.78, 5) is 66.9. The fourth-order valence-corrected chi connectivity index (χ4v) is 8.55. The Kier molecular flexibility index (Phi) is 8.38. The lowest BCUT2D eigenvalue weighted by molar-refractivity contribution is -0.158. The van der Waals surface area contributed by atoms with E-state index in [2.05, 4.69) is 0 Å².